The Morgan fingerprint density at radius 2 is 1.88 bits per heavy atom. The van der Waals surface area contributed by atoms with Crippen molar-refractivity contribution in [3.63, 3.8) is 0 Å². The largest absolute Gasteiger partial charge is 0.378 e. The molecule has 17 heavy (non-hydrogen) atoms. The molecule has 2 atom stereocenters. The van der Waals surface area contributed by atoms with E-state index in [1.807, 2.05) is 0 Å². The van der Waals surface area contributed by atoms with E-state index < -0.39 is 0 Å². The van der Waals surface area contributed by atoms with E-state index in [2.05, 4.69) is 37.4 Å². The monoisotopic (exact) mass is 258 g/mol. The quantitative estimate of drug-likeness (QED) is 0.833. The molecule has 0 radical (unpaired) electrons. The molecule has 4 heteroatoms. The first-order valence-electron chi connectivity index (χ1n) is 6.82. The van der Waals surface area contributed by atoms with Crippen molar-refractivity contribution in [3.8, 4) is 0 Å². The maximum atomic E-state index is 6.04. The summed E-state index contributed by atoms with van der Waals surface area (Å²) in [6.07, 6.45) is 2.70. The van der Waals surface area contributed by atoms with Gasteiger partial charge in [0.1, 0.15) is 0 Å². The summed E-state index contributed by atoms with van der Waals surface area (Å²) >= 11 is 2.10. The van der Waals surface area contributed by atoms with Gasteiger partial charge in [-0.2, -0.15) is 11.8 Å². The van der Waals surface area contributed by atoms with Crippen LogP contribution < -0.4 is 5.73 Å². The number of nitrogens with zero attached hydrogens (tertiary/aromatic N) is 1. The highest BCUT2D eigenvalue weighted by atomic mass is 32.2. The van der Waals surface area contributed by atoms with Gasteiger partial charge in [-0.05, 0) is 19.8 Å². The van der Waals surface area contributed by atoms with Crippen molar-refractivity contribution >= 4 is 11.8 Å². The van der Waals surface area contributed by atoms with Gasteiger partial charge in [0.25, 0.3) is 0 Å². The van der Waals surface area contributed by atoms with Crippen LogP contribution in [0.25, 0.3) is 0 Å². The lowest BCUT2D eigenvalue weighted by Gasteiger charge is -2.56. The number of thioether (sulfide) groups is 1. The Morgan fingerprint density at radius 3 is 2.35 bits per heavy atom. The molecule has 0 amide bonds. The molecule has 1 aliphatic heterocycles. The maximum Gasteiger partial charge on any atom is 0.0611 e. The molecule has 2 rings (SSSR count). The third kappa shape index (κ3) is 2.80. The van der Waals surface area contributed by atoms with Crippen molar-refractivity contribution in [2.24, 2.45) is 5.73 Å². The number of nitrogens with two attached hydrogens (primary N) is 1. The SMILES string of the molecule is CCOC1CC(CN)(N2CC(C)SC(C)C2)C1. The zero-order valence-corrected chi connectivity index (χ0v) is 12.1. The van der Waals surface area contributed by atoms with Crippen LogP contribution in [0, 0.1) is 0 Å². The van der Waals surface area contributed by atoms with Crippen LogP contribution in [-0.2, 0) is 4.74 Å². The van der Waals surface area contributed by atoms with E-state index in [1.165, 1.54) is 13.1 Å². The molecule has 1 aliphatic carbocycles. The normalized spacial score (nSPS) is 43.4. The van der Waals surface area contributed by atoms with E-state index >= 15 is 0 Å². The minimum Gasteiger partial charge on any atom is -0.378 e. The fourth-order valence-electron chi connectivity index (χ4n) is 3.26. The van der Waals surface area contributed by atoms with Crippen LogP contribution in [0.2, 0.25) is 0 Å². The number of ether oxygens (including phenoxy) is 1. The maximum absolute atomic E-state index is 6.04. The van der Waals surface area contributed by atoms with Gasteiger partial charge in [0.15, 0.2) is 0 Å². The summed E-state index contributed by atoms with van der Waals surface area (Å²) in [7, 11) is 0. The van der Waals surface area contributed by atoms with Gasteiger partial charge in [-0.25, -0.2) is 0 Å². The first-order valence-corrected chi connectivity index (χ1v) is 7.76. The topological polar surface area (TPSA) is 38.5 Å². The predicted octanol–water partition coefficient (Wildman–Crippen LogP) is 1.71. The van der Waals surface area contributed by atoms with Gasteiger partial charge >= 0.3 is 0 Å². The van der Waals surface area contributed by atoms with Crippen LogP contribution in [0.5, 0.6) is 0 Å². The van der Waals surface area contributed by atoms with Crippen LogP contribution in [-0.4, -0.2) is 53.3 Å². The molecule has 1 saturated heterocycles. The molecular weight excluding hydrogens is 232 g/mol. The molecule has 0 aromatic carbocycles. The van der Waals surface area contributed by atoms with E-state index in [-0.39, 0.29) is 5.54 Å². The smallest absolute Gasteiger partial charge is 0.0611 e. The molecule has 2 N–H and O–H groups in total. The first kappa shape index (κ1) is 13.7. The highest BCUT2D eigenvalue weighted by Gasteiger charge is 2.49. The Labute approximate surface area is 109 Å². The van der Waals surface area contributed by atoms with Gasteiger partial charge in [0, 0.05) is 42.3 Å². The van der Waals surface area contributed by atoms with Gasteiger partial charge in [0.05, 0.1) is 6.10 Å². The molecule has 0 bridgehead atoms. The van der Waals surface area contributed by atoms with Crippen molar-refractivity contribution in [3.05, 3.63) is 0 Å². The zero-order chi connectivity index (χ0) is 12.5. The van der Waals surface area contributed by atoms with Crippen LogP contribution in [0.15, 0.2) is 0 Å². The first-order chi connectivity index (χ1) is 8.09. The lowest BCUT2D eigenvalue weighted by atomic mass is 9.72. The molecule has 3 nitrogen and oxygen atoms in total. The second-order valence-electron chi connectivity index (χ2n) is 5.58. The molecule has 1 heterocycles. The molecular formula is C13H26N2OS. The third-order valence-electron chi connectivity index (χ3n) is 4.09. The Bertz CT molecular complexity index is 246. The summed E-state index contributed by atoms with van der Waals surface area (Å²) in [5, 5.41) is 1.46. The van der Waals surface area contributed by atoms with E-state index in [0.717, 1.165) is 36.5 Å². The Hall–Kier alpha value is 0.230. The van der Waals surface area contributed by atoms with Crippen LogP contribution in [0.4, 0.5) is 0 Å². The average molecular weight is 258 g/mol. The lowest BCUT2D eigenvalue weighted by Crippen LogP contribution is -2.66. The molecule has 1 saturated carbocycles. The molecule has 2 fully saturated rings. The van der Waals surface area contributed by atoms with Crippen molar-refractivity contribution < 1.29 is 4.74 Å². The Balaban J connectivity index is 1.95. The fraction of sp³-hybridized carbons (Fsp3) is 1.00. The summed E-state index contributed by atoms with van der Waals surface area (Å²) in [6.45, 7) is 10.7. The van der Waals surface area contributed by atoms with Gasteiger partial charge < -0.3 is 10.5 Å². The third-order valence-corrected chi connectivity index (χ3v) is 5.32. The van der Waals surface area contributed by atoms with Crippen LogP contribution >= 0.6 is 11.8 Å². The summed E-state index contributed by atoms with van der Waals surface area (Å²) in [4.78, 5) is 2.63. The number of rotatable bonds is 4. The number of hydrogen-bond donors (Lipinski definition) is 1. The minimum absolute atomic E-state index is 0.239. The van der Waals surface area contributed by atoms with Crippen molar-refractivity contribution in [2.75, 3.05) is 26.2 Å². The molecule has 2 aliphatic rings. The zero-order valence-electron chi connectivity index (χ0n) is 11.3. The van der Waals surface area contributed by atoms with Crippen molar-refractivity contribution in [1.82, 2.24) is 4.90 Å². The van der Waals surface area contributed by atoms with Crippen molar-refractivity contribution in [1.29, 1.82) is 0 Å². The highest BCUT2D eigenvalue weighted by Crippen LogP contribution is 2.42. The van der Waals surface area contributed by atoms with Gasteiger partial charge in [-0.3, -0.25) is 4.90 Å². The molecule has 2 unspecified atom stereocenters. The minimum atomic E-state index is 0.239. The summed E-state index contributed by atoms with van der Waals surface area (Å²) < 4.78 is 5.69. The molecule has 100 valence electrons. The standard InChI is InChI=1S/C13H26N2OS/c1-4-16-12-5-13(6-12,9-14)15-7-10(2)17-11(3)8-15/h10-12H,4-9,14H2,1-3H3. The summed E-state index contributed by atoms with van der Waals surface area (Å²) in [5.41, 5.74) is 6.28. The molecule has 0 aromatic rings. The summed E-state index contributed by atoms with van der Waals surface area (Å²) in [6, 6.07) is 0. The average Bonchev–Trinajstić information content (AvgIpc) is 2.21. The van der Waals surface area contributed by atoms with E-state index in [1.54, 1.807) is 0 Å². The Morgan fingerprint density at radius 1 is 1.29 bits per heavy atom. The van der Waals surface area contributed by atoms with Gasteiger partial charge in [0.2, 0.25) is 0 Å². The molecule has 0 spiro atoms. The second kappa shape index (κ2) is 5.47. The Kier molecular flexibility index (Phi) is 4.40. The van der Waals surface area contributed by atoms with Gasteiger partial charge in [-0.1, -0.05) is 13.8 Å². The van der Waals surface area contributed by atoms with Crippen LogP contribution in [0.3, 0.4) is 0 Å². The summed E-state index contributed by atoms with van der Waals surface area (Å²) in [5.74, 6) is 0. The lowest BCUT2D eigenvalue weighted by molar-refractivity contribution is -0.100. The highest BCUT2D eigenvalue weighted by molar-refractivity contribution is 8.00. The van der Waals surface area contributed by atoms with Crippen LogP contribution in [0.1, 0.15) is 33.6 Å². The molecule has 0 aromatic heterocycles. The number of hydrogen-bond acceptors (Lipinski definition) is 4. The van der Waals surface area contributed by atoms with E-state index in [4.69, 9.17) is 10.5 Å². The fourth-order valence-corrected chi connectivity index (χ4v) is 4.59. The van der Waals surface area contributed by atoms with E-state index in [0.29, 0.717) is 6.10 Å². The van der Waals surface area contributed by atoms with Crippen molar-refractivity contribution in [2.45, 2.75) is 55.8 Å². The van der Waals surface area contributed by atoms with Gasteiger partial charge in [-0.15, -0.1) is 0 Å². The predicted molar refractivity (Wildman–Crippen MR) is 74.5 cm³/mol. The van der Waals surface area contributed by atoms with E-state index in [9.17, 15) is 0 Å². The second-order valence-corrected chi connectivity index (χ2v) is 7.46.